The average Bonchev–Trinajstić information content (AvgIpc) is 3.08. The molecule has 2 saturated heterocycles. The summed E-state index contributed by atoms with van der Waals surface area (Å²) in [5.41, 5.74) is -0.794. The van der Waals surface area contributed by atoms with Gasteiger partial charge < -0.3 is 5.32 Å². The third-order valence-electron chi connectivity index (χ3n) is 6.73. The van der Waals surface area contributed by atoms with Gasteiger partial charge in [-0.1, -0.05) is 42.5 Å². The SMILES string of the molecule is CC1(c2ccc(F)cc2)NC(=O)N(CN2CCN(S(=O)(=O)c3ccc4ccccc4c3)CC2)C1=O. The summed E-state index contributed by atoms with van der Waals surface area (Å²) < 4.78 is 41.2. The molecule has 0 aromatic heterocycles. The molecule has 10 heteroatoms. The van der Waals surface area contributed by atoms with Crippen LogP contribution in [0.4, 0.5) is 9.18 Å². The molecule has 0 radical (unpaired) electrons. The number of carbonyl (C=O) groups excluding carboxylic acids is 2. The van der Waals surface area contributed by atoms with Gasteiger partial charge in [0.1, 0.15) is 11.4 Å². The van der Waals surface area contributed by atoms with E-state index in [2.05, 4.69) is 5.32 Å². The second kappa shape index (κ2) is 8.71. The van der Waals surface area contributed by atoms with Crippen molar-refractivity contribution in [3.63, 3.8) is 0 Å². The fraction of sp³-hybridized carbons (Fsp3) is 0.280. The highest BCUT2D eigenvalue weighted by Gasteiger charge is 2.49. The van der Waals surface area contributed by atoms with Crippen LogP contribution in [0.1, 0.15) is 12.5 Å². The maximum absolute atomic E-state index is 13.3. The van der Waals surface area contributed by atoms with Crippen LogP contribution < -0.4 is 5.32 Å². The van der Waals surface area contributed by atoms with Gasteiger partial charge in [-0.3, -0.25) is 9.69 Å². The van der Waals surface area contributed by atoms with Crippen molar-refractivity contribution in [1.82, 2.24) is 19.4 Å². The summed E-state index contributed by atoms with van der Waals surface area (Å²) in [6.45, 7) is 2.87. The van der Waals surface area contributed by atoms with Crippen molar-refractivity contribution >= 4 is 32.7 Å². The molecule has 3 aromatic carbocycles. The molecule has 2 fully saturated rings. The highest BCUT2D eigenvalue weighted by atomic mass is 32.2. The molecule has 182 valence electrons. The van der Waals surface area contributed by atoms with Crippen molar-refractivity contribution in [2.45, 2.75) is 17.4 Å². The zero-order valence-corrected chi connectivity index (χ0v) is 20.0. The van der Waals surface area contributed by atoms with Crippen LogP contribution in [0.15, 0.2) is 71.6 Å². The van der Waals surface area contributed by atoms with E-state index in [9.17, 15) is 22.4 Å². The summed E-state index contributed by atoms with van der Waals surface area (Å²) >= 11 is 0. The molecule has 1 unspecified atom stereocenters. The Hall–Kier alpha value is -3.34. The second-order valence-corrected chi connectivity index (χ2v) is 10.9. The Morgan fingerprint density at radius 3 is 2.26 bits per heavy atom. The van der Waals surface area contributed by atoms with E-state index >= 15 is 0 Å². The first kappa shape index (κ1) is 23.4. The standard InChI is InChI=1S/C25H25FN4O4S/c1-25(20-7-9-21(26)10-8-20)23(31)30(24(32)27-25)17-28-12-14-29(15-13-28)35(33,34)22-11-6-18-4-2-3-5-19(18)16-22/h2-11,16H,12-15,17H2,1H3,(H,27,32). The summed E-state index contributed by atoms with van der Waals surface area (Å²) in [6.07, 6.45) is 0. The number of hydrogen-bond acceptors (Lipinski definition) is 5. The Morgan fingerprint density at radius 2 is 1.57 bits per heavy atom. The quantitative estimate of drug-likeness (QED) is 0.549. The molecule has 5 rings (SSSR count). The average molecular weight is 497 g/mol. The van der Waals surface area contributed by atoms with E-state index in [0.717, 1.165) is 15.7 Å². The number of piperazine rings is 1. The van der Waals surface area contributed by atoms with Gasteiger partial charge in [0.2, 0.25) is 10.0 Å². The lowest BCUT2D eigenvalue weighted by atomic mass is 9.92. The molecule has 1 N–H and O–H groups in total. The van der Waals surface area contributed by atoms with Crippen LogP contribution >= 0.6 is 0 Å². The zero-order valence-electron chi connectivity index (χ0n) is 19.1. The van der Waals surface area contributed by atoms with E-state index < -0.39 is 33.3 Å². The summed E-state index contributed by atoms with van der Waals surface area (Å²) in [5, 5.41) is 4.53. The van der Waals surface area contributed by atoms with Gasteiger partial charge in [0.05, 0.1) is 11.6 Å². The number of nitrogens with one attached hydrogen (secondary N) is 1. The van der Waals surface area contributed by atoms with Crippen molar-refractivity contribution in [3.8, 4) is 0 Å². The van der Waals surface area contributed by atoms with Gasteiger partial charge in [-0.2, -0.15) is 4.31 Å². The van der Waals surface area contributed by atoms with E-state index in [0.29, 0.717) is 18.7 Å². The highest BCUT2D eigenvalue weighted by molar-refractivity contribution is 7.89. The lowest BCUT2D eigenvalue weighted by Crippen LogP contribution is -2.52. The van der Waals surface area contributed by atoms with Gasteiger partial charge in [-0.15, -0.1) is 0 Å². The molecule has 3 amide bonds. The van der Waals surface area contributed by atoms with E-state index in [1.165, 1.54) is 28.6 Å². The van der Waals surface area contributed by atoms with Gasteiger partial charge in [0.15, 0.2) is 0 Å². The topological polar surface area (TPSA) is 90.0 Å². The molecule has 2 heterocycles. The number of carbonyl (C=O) groups is 2. The Kier molecular flexibility index (Phi) is 5.82. The van der Waals surface area contributed by atoms with Crippen molar-refractivity contribution in [1.29, 1.82) is 0 Å². The van der Waals surface area contributed by atoms with Gasteiger partial charge in [0.25, 0.3) is 5.91 Å². The molecule has 1 atom stereocenters. The molecule has 8 nitrogen and oxygen atoms in total. The predicted octanol–water partition coefficient (Wildman–Crippen LogP) is 2.71. The molecular formula is C25H25FN4O4S. The maximum Gasteiger partial charge on any atom is 0.326 e. The number of nitrogens with zero attached hydrogens (tertiary/aromatic N) is 3. The van der Waals surface area contributed by atoms with Crippen LogP contribution in [0, 0.1) is 5.82 Å². The number of halogens is 1. The van der Waals surface area contributed by atoms with E-state index in [4.69, 9.17) is 0 Å². The Labute approximate surface area is 203 Å². The van der Waals surface area contributed by atoms with Crippen molar-refractivity contribution in [2.75, 3.05) is 32.8 Å². The van der Waals surface area contributed by atoms with Crippen molar-refractivity contribution in [3.05, 3.63) is 78.1 Å². The number of rotatable bonds is 5. The summed E-state index contributed by atoms with van der Waals surface area (Å²) in [6, 6.07) is 17.6. The largest absolute Gasteiger partial charge is 0.326 e. The third kappa shape index (κ3) is 4.18. The molecule has 0 saturated carbocycles. The summed E-state index contributed by atoms with van der Waals surface area (Å²) in [7, 11) is -3.67. The number of hydrogen-bond donors (Lipinski definition) is 1. The molecule has 2 aliphatic heterocycles. The van der Waals surface area contributed by atoms with Crippen LogP contribution in [0.3, 0.4) is 0 Å². The Bertz CT molecular complexity index is 1400. The molecule has 2 aliphatic rings. The fourth-order valence-corrected chi connectivity index (χ4v) is 6.05. The number of sulfonamides is 1. The minimum atomic E-state index is -3.67. The van der Waals surface area contributed by atoms with Crippen LogP contribution in [-0.2, 0) is 20.4 Å². The first-order valence-corrected chi connectivity index (χ1v) is 12.7. The van der Waals surface area contributed by atoms with Crippen molar-refractivity contribution in [2.24, 2.45) is 0 Å². The normalized spacial score (nSPS) is 22.1. The van der Waals surface area contributed by atoms with Crippen LogP contribution in [0.25, 0.3) is 10.8 Å². The summed E-state index contributed by atoms with van der Waals surface area (Å²) in [5.74, 6) is -0.859. The minimum Gasteiger partial charge on any atom is -0.319 e. The van der Waals surface area contributed by atoms with E-state index in [1.807, 2.05) is 29.2 Å². The fourth-order valence-electron chi connectivity index (χ4n) is 4.59. The van der Waals surface area contributed by atoms with Gasteiger partial charge >= 0.3 is 6.03 Å². The number of fused-ring (bicyclic) bond motifs is 1. The highest BCUT2D eigenvalue weighted by Crippen LogP contribution is 2.29. The smallest absolute Gasteiger partial charge is 0.319 e. The monoisotopic (exact) mass is 496 g/mol. The number of urea groups is 1. The first-order chi connectivity index (χ1) is 16.7. The summed E-state index contributed by atoms with van der Waals surface area (Å²) in [4.78, 5) is 29.0. The number of imide groups is 1. The lowest BCUT2D eigenvalue weighted by Gasteiger charge is -2.35. The molecule has 0 bridgehead atoms. The molecule has 0 spiro atoms. The van der Waals surface area contributed by atoms with Gasteiger partial charge in [-0.05, 0) is 47.5 Å². The predicted molar refractivity (Wildman–Crippen MR) is 128 cm³/mol. The van der Waals surface area contributed by atoms with Crippen LogP contribution in [0.2, 0.25) is 0 Å². The number of amides is 3. The minimum absolute atomic E-state index is 0.0469. The first-order valence-electron chi connectivity index (χ1n) is 11.3. The molecule has 0 aliphatic carbocycles. The molecule has 3 aromatic rings. The second-order valence-electron chi connectivity index (χ2n) is 8.97. The van der Waals surface area contributed by atoms with Gasteiger partial charge in [0, 0.05) is 26.2 Å². The lowest BCUT2D eigenvalue weighted by molar-refractivity contribution is -0.132. The van der Waals surface area contributed by atoms with Crippen LogP contribution in [0.5, 0.6) is 0 Å². The Balaban J connectivity index is 1.25. The molecule has 35 heavy (non-hydrogen) atoms. The van der Waals surface area contributed by atoms with Crippen molar-refractivity contribution < 1.29 is 22.4 Å². The molecular weight excluding hydrogens is 471 g/mol. The van der Waals surface area contributed by atoms with Gasteiger partial charge in [-0.25, -0.2) is 22.5 Å². The van der Waals surface area contributed by atoms with Crippen LogP contribution in [-0.4, -0.2) is 67.3 Å². The maximum atomic E-state index is 13.3. The van der Waals surface area contributed by atoms with E-state index in [-0.39, 0.29) is 24.7 Å². The zero-order chi connectivity index (χ0) is 24.8. The third-order valence-corrected chi connectivity index (χ3v) is 8.62. The Morgan fingerprint density at radius 1 is 0.914 bits per heavy atom. The van der Waals surface area contributed by atoms with E-state index in [1.54, 1.807) is 25.1 Å². The number of benzene rings is 3.